The van der Waals surface area contributed by atoms with Crippen LogP contribution < -0.4 is 21.5 Å². The Bertz CT molecular complexity index is 750. The molecule has 2 aromatic rings. The second-order valence-corrected chi connectivity index (χ2v) is 4.89. The van der Waals surface area contributed by atoms with Crippen molar-refractivity contribution in [2.75, 3.05) is 31.1 Å². The van der Waals surface area contributed by atoms with E-state index in [0.717, 1.165) is 30.7 Å². The maximum atomic E-state index is 12.2. The Kier molecular flexibility index (Phi) is 3.09. The fourth-order valence-electron chi connectivity index (χ4n) is 2.53. The molecule has 0 atom stereocenters. The van der Waals surface area contributed by atoms with Crippen LogP contribution in [0.5, 0.6) is 0 Å². The van der Waals surface area contributed by atoms with Gasteiger partial charge in [-0.2, -0.15) is 4.98 Å². The lowest BCUT2D eigenvalue weighted by molar-refractivity contribution is 0.581. The average Bonchev–Trinajstić information content (AvgIpc) is 2.91. The monoisotopic (exact) mass is 278 g/mol. The minimum atomic E-state index is -0.330. The predicted octanol–water partition coefficient (Wildman–Crippen LogP) is -1.15. The van der Waals surface area contributed by atoms with Gasteiger partial charge in [-0.05, 0) is 6.92 Å². The van der Waals surface area contributed by atoms with E-state index in [0.29, 0.717) is 23.7 Å². The third-order valence-corrected chi connectivity index (χ3v) is 3.70. The van der Waals surface area contributed by atoms with Crippen LogP contribution in [0.15, 0.2) is 9.59 Å². The van der Waals surface area contributed by atoms with E-state index in [2.05, 4.69) is 20.2 Å². The summed E-state index contributed by atoms with van der Waals surface area (Å²) >= 11 is 0. The third-order valence-electron chi connectivity index (χ3n) is 3.70. The summed E-state index contributed by atoms with van der Waals surface area (Å²) in [5.74, 6) is 0.659. The molecule has 8 heteroatoms. The standard InChI is InChI=1S/C12H18N6O2/c1-3-18-9-8(10(19)16(2)12(18)20)14-11(15-9)17-6-4-13-5-7-17/h13H,3-7H2,1-2H3,(H,14,15). The van der Waals surface area contributed by atoms with Gasteiger partial charge in [-0.3, -0.25) is 13.9 Å². The molecule has 1 saturated heterocycles. The fourth-order valence-corrected chi connectivity index (χ4v) is 2.53. The molecule has 0 amide bonds. The van der Waals surface area contributed by atoms with Crippen LogP contribution in [0.3, 0.4) is 0 Å². The lowest BCUT2D eigenvalue weighted by Crippen LogP contribution is -2.44. The van der Waals surface area contributed by atoms with Crippen LogP contribution in [0.2, 0.25) is 0 Å². The number of fused-ring (bicyclic) bond motifs is 1. The maximum absolute atomic E-state index is 12.2. The minimum Gasteiger partial charge on any atom is -0.340 e. The van der Waals surface area contributed by atoms with E-state index in [9.17, 15) is 9.59 Å². The van der Waals surface area contributed by atoms with Crippen LogP contribution >= 0.6 is 0 Å². The van der Waals surface area contributed by atoms with Gasteiger partial charge in [-0.25, -0.2) is 4.79 Å². The number of hydrogen-bond acceptors (Lipinski definition) is 5. The molecule has 0 aliphatic carbocycles. The molecular weight excluding hydrogens is 260 g/mol. The molecular formula is C12H18N6O2. The summed E-state index contributed by atoms with van der Waals surface area (Å²) in [6.07, 6.45) is 0. The van der Waals surface area contributed by atoms with Gasteiger partial charge in [-0.15, -0.1) is 0 Å². The van der Waals surface area contributed by atoms with Crippen molar-refractivity contribution >= 4 is 17.1 Å². The van der Waals surface area contributed by atoms with Crippen LogP contribution in [0, 0.1) is 0 Å². The Labute approximate surface area is 115 Å². The first-order chi connectivity index (χ1) is 9.63. The van der Waals surface area contributed by atoms with E-state index in [4.69, 9.17) is 0 Å². The van der Waals surface area contributed by atoms with Crippen molar-refractivity contribution in [2.24, 2.45) is 7.05 Å². The largest absolute Gasteiger partial charge is 0.340 e. The smallest absolute Gasteiger partial charge is 0.332 e. The number of aromatic amines is 1. The molecule has 0 unspecified atom stereocenters. The highest BCUT2D eigenvalue weighted by atomic mass is 16.2. The molecule has 108 valence electrons. The molecule has 0 saturated carbocycles. The number of H-pyrrole nitrogens is 1. The molecule has 0 aromatic carbocycles. The fraction of sp³-hybridized carbons (Fsp3) is 0.583. The molecule has 0 radical (unpaired) electrons. The highest BCUT2D eigenvalue weighted by Gasteiger charge is 2.19. The highest BCUT2D eigenvalue weighted by Crippen LogP contribution is 2.14. The van der Waals surface area contributed by atoms with Crippen molar-refractivity contribution in [2.45, 2.75) is 13.5 Å². The van der Waals surface area contributed by atoms with Gasteiger partial charge in [0.1, 0.15) is 0 Å². The Hall–Kier alpha value is -2.09. The van der Waals surface area contributed by atoms with E-state index in [1.165, 1.54) is 11.6 Å². The summed E-state index contributed by atoms with van der Waals surface area (Å²) < 4.78 is 2.63. The van der Waals surface area contributed by atoms with Gasteiger partial charge in [0, 0.05) is 39.8 Å². The van der Waals surface area contributed by atoms with Gasteiger partial charge in [0.05, 0.1) is 0 Å². The van der Waals surface area contributed by atoms with E-state index < -0.39 is 0 Å². The number of imidazole rings is 1. The van der Waals surface area contributed by atoms with Crippen LogP contribution in [0.25, 0.3) is 11.2 Å². The number of aromatic nitrogens is 4. The molecule has 1 aliphatic rings. The van der Waals surface area contributed by atoms with Gasteiger partial charge < -0.3 is 15.2 Å². The molecule has 20 heavy (non-hydrogen) atoms. The first-order valence-electron chi connectivity index (χ1n) is 6.78. The second-order valence-electron chi connectivity index (χ2n) is 4.89. The lowest BCUT2D eigenvalue weighted by Gasteiger charge is -2.26. The van der Waals surface area contributed by atoms with Crippen molar-refractivity contribution in [3.63, 3.8) is 0 Å². The highest BCUT2D eigenvalue weighted by molar-refractivity contribution is 5.73. The molecule has 1 aliphatic heterocycles. The average molecular weight is 278 g/mol. The maximum Gasteiger partial charge on any atom is 0.332 e. The van der Waals surface area contributed by atoms with Gasteiger partial charge in [0.2, 0.25) is 5.95 Å². The zero-order chi connectivity index (χ0) is 14.3. The van der Waals surface area contributed by atoms with Crippen LogP contribution in [0.1, 0.15) is 6.92 Å². The number of piperazine rings is 1. The number of anilines is 1. The van der Waals surface area contributed by atoms with E-state index in [1.807, 2.05) is 6.92 Å². The van der Waals surface area contributed by atoms with Gasteiger partial charge >= 0.3 is 5.69 Å². The Morgan fingerprint density at radius 1 is 1.25 bits per heavy atom. The summed E-state index contributed by atoms with van der Waals surface area (Å²) in [5, 5.41) is 3.27. The van der Waals surface area contributed by atoms with Crippen molar-refractivity contribution in [1.82, 2.24) is 24.4 Å². The summed E-state index contributed by atoms with van der Waals surface area (Å²) in [4.78, 5) is 33.8. The van der Waals surface area contributed by atoms with Gasteiger partial charge in [0.15, 0.2) is 11.2 Å². The molecule has 8 nitrogen and oxygen atoms in total. The third kappa shape index (κ3) is 1.83. The Balaban J connectivity index is 2.22. The minimum absolute atomic E-state index is 0.330. The molecule has 3 rings (SSSR count). The Morgan fingerprint density at radius 3 is 2.60 bits per heavy atom. The van der Waals surface area contributed by atoms with Crippen molar-refractivity contribution in [3.05, 3.63) is 20.8 Å². The molecule has 2 aromatic heterocycles. The normalized spacial score (nSPS) is 16.0. The summed E-state index contributed by atoms with van der Waals surface area (Å²) in [6, 6.07) is 0. The number of nitrogens with one attached hydrogen (secondary N) is 2. The van der Waals surface area contributed by atoms with Crippen LogP contribution in [0.4, 0.5) is 5.95 Å². The zero-order valence-corrected chi connectivity index (χ0v) is 11.6. The van der Waals surface area contributed by atoms with Gasteiger partial charge in [-0.1, -0.05) is 0 Å². The molecule has 3 heterocycles. The summed E-state index contributed by atoms with van der Waals surface area (Å²) in [7, 11) is 1.49. The van der Waals surface area contributed by atoms with Crippen LogP contribution in [-0.4, -0.2) is 45.3 Å². The number of aryl methyl sites for hydroxylation is 1. The topological polar surface area (TPSA) is 88.0 Å². The molecule has 0 bridgehead atoms. The predicted molar refractivity (Wildman–Crippen MR) is 76.4 cm³/mol. The summed E-state index contributed by atoms with van der Waals surface area (Å²) in [5.41, 5.74) is 0.170. The van der Waals surface area contributed by atoms with Crippen molar-refractivity contribution < 1.29 is 0 Å². The van der Waals surface area contributed by atoms with E-state index in [1.54, 1.807) is 0 Å². The first-order valence-corrected chi connectivity index (χ1v) is 6.78. The lowest BCUT2D eigenvalue weighted by atomic mass is 10.4. The first kappa shape index (κ1) is 12.9. The number of nitrogens with zero attached hydrogens (tertiary/aromatic N) is 4. The molecule has 1 fully saturated rings. The van der Waals surface area contributed by atoms with E-state index >= 15 is 0 Å². The quantitative estimate of drug-likeness (QED) is 0.724. The second kappa shape index (κ2) is 4.78. The SMILES string of the molecule is CCn1c(=O)n(C)c(=O)c2[nH]c(N3CCNCC3)nc21. The molecule has 0 spiro atoms. The number of rotatable bonds is 2. The van der Waals surface area contributed by atoms with Gasteiger partial charge in [0.25, 0.3) is 5.56 Å². The van der Waals surface area contributed by atoms with Crippen molar-refractivity contribution in [1.29, 1.82) is 0 Å². The zero-order valence-electron chi connectivity index (χ0n) is 11.6. The Morgan fingerprint density at radius 2 is 1.95 bits per heavy atom. The number of hydrogen-bond donors (Lipinski definition) is 2. The summed E-state index contributed by atoms with van der Waals surface area (Å²) in [6.45, 7) is 5.78. The van der Waals surface area contributed by atoms with Crippen LogP contribution in [-0.2, 0) is 13.6 Å². The molecule has 2 N–H and O–H groups in total. The van der Waals surface area contributed by atoms with E-state index in [-0.39, 0.29) is 11.2 Å². The van der Waals surface area contributed by atoms with Crippen molar-refractivity contribution in [3.8, 4) is 0 Å².